The molecule has 0 aromatic carbocycles. The van der Waals surface area contributed by atoms with Gasteiger partial charge >= 0.3 is 0 Å². The molecule has 4 rings (SSSR count). The van der Waals surface area contributed by atoms with Gasteiger partial charge in [0.2, 0.25) is 11.4 Å². The van der Waals surface area contributed by atoms with Gasteiger partial charge in [0, 0.05) is 17.3 Å². The molecule has 0 unspecified atom stereocenters. The van der Waals surface area contributed by atoms with Crippen LogP contribution in [0.1, 0.15) is 24.5 Å². The van der Waals surface area contributed by atoms with Gasteiger partial charge in [0.1, 0.15) is 0 Å². The highest BCUT2D eigenvalue weighted by atomic mass is 79.9. The molecule has 21 heavy (non-hydrogen) atoms. The van der Waals surface area contributed by atoms with E-state index in [1.165, 1.54) is 6.07 Å². The van der Waals surface area contributed by atoms with Crippen molar-refractivity contribution < 1.29 is 8.94 Å². The van der Waals surface area contributed by atoms with Crippen LogP contribution in [-0.4, -0.2) is 15.1 Å². The first-order chi connectivity index (χ1) is 10.2. The van der Waals surface area contributed by atoms with Gasteiger partial charge in [-0.3, -0.25) is 4.79 Å². The maximum absolute atomic E-state index is 11.7. The van der Waals surface area contributed by atoms with Crippen molar-refractivity contribution in [1.29, 1.82) is 0 Å². The fourth-order valence-electron chi connectivity index (χ4n) is 2.18. The van der Waals surface area contributed by atoms with E-state index in [4.69, 9.17) is 8.94 Å². The minimum absolute atomic E-state index is 0.158. The van der Waals surface area contributed by atoms with Gasteiger partial charge in [0.15, 0.2) is 10.4 Å². The Labute approximate surface area is 127 Å². The van der Waals surface area contributed by atoms with Crippen molar-refractivity contribution in [3.8, 4) is 23.0 Å². The minimum Gasteiger partial charge on any atom is -0.446 e. The van der Waals surface area contributed by atoms with Gasteiger partial charge in [-0.15, -0.1) is 0 Å². The number of hydrogen-bond acceptors (Lipinski definition) is 5. The summed E-state index contributed by atoms with van der Waals surface area (Å²) >= 11 is 3.22. The molecule has 0 amide bonds. The maximum Gasteiger partial charge on any atom is 0.258 e. The summed E-state index contributed by atoms with van der Waals surface area (Å²) < 4.78 is 11.2. The minimum atomic E-state index is -0.158. The standard InChI is InChI=1S/C14H10BrN3O3/c15-11-4-3-10(20-11)13-17-14(21-18-13)8-5-9(7-1-2-7)16-12(19)6-8/h3-7H,1-2H2,(H,16,19). The summed E-state index contributed by atoms with van der Waals surface area (Å²) in [6.45, 7) is 0. The zero-order chi connectivity index (χ0) is 14.4. The van der Waals surface area contributed by atoms with Crippen molar-refractivity contribution in [2.45, 2.75) is 18.8 Å². The SMILES string of the molecule is O=c1cc(-c2nc(-c3ccc(Br)o3)no2)cc(C2CC2)[nH]1. The van der Waals surface area contributed by atoms with Crippen LogP contribution >= 0.6 is 15.9 Å². The predicted octanol–water partition coefficient (Wildman–Crippen LogP) is 3.32. The third-order valence-corrected chi connectivity index (χ3v) is 3.78. The largest absolute Gasteiger partial charge is 0.446 e. The summed E-state index contributed by atoms with van der Waals surface area (Å²) in [5, 5.41) is 3.88. The fraction of sp³-hybridized carbons (Fsp3) is 0.214. The molecule has 1 fully saturated rings. The van der Waals surface area contributed by atoms with Gasteiger partial charge in [-0.25, -0.2) is 0 Å². The van der Waals surface area contributed by atoms with E-state index in [1.807, 2.05) is 6.07 Å². The molecular formula is C14H10BrN3O3. The number of nitrogens with zero attached hydrogens (tertiary/aromatic N) is 2. The second kappa shape index (κ2) is 4.70. The van der Waals surface area contributed by atoms with E-state index >= 15 is 0 Å². The molecule has 106 valence electrons. The molecule has 0 radical (unpaired) electrons. The first kappa shape index (κ1) is 12.6. The highest BCUT2D eigenvalue weighted by molar-refractivity contribution is 9.10. The Bertz CT molecular complexity index is 860. The number of hydrogen-bond donors (Lipinski definition) is 1. The Kier molecular flexibility index (Phi) is 2.81. The van der Waals surface area contributed by atoms with E-state index in [2.05, 4.69) is 31.1 Å². The zero-order valence-corrected chi connectivity index (χ0v) is 12.4. The number of rotatable bonds is 3. The molecule has 6 nitrogen and oxygen atoms in total. The zero-order valence-electron chi connectivity index (χ0n) is 10.8. The third kappa shape index (κ3) is 2.44. The highest BCUT2D eigenvalue weighted by Crippen LogP contribution is 2.39. The molecule has 3 aromatic heterocycles. The average Bonchev–Trinajstić information content (AvgIpc) is 3.03. The maximum atomic E-state index is 11.7. The Hall–Kier alpha value is -2.15. The lowest BCUT2D eigenvalue weighted by atomic mass is 10.2. The average molecular weight is 348 g/mol. The summed E-state index contributed by atoms with van der Waals surface area (Å²) in [7, 11) is 0. The first-order valence-corrected chi connectivity index (χ1v) is 7.32. The molecule has 1 aliphatic rings. The smallest absolute Gasteiger partial charge is 0.258 e. The second-order valence-corrected chi connectivity index (χ2v) is 5.77. The van der Waals surface area contributed by atoms with Crippen molar-refractivity contribution in [1.82, 2.24) is 15.1 Å². The van der Waals surface area contributed by atoms with E-state index in [-0.39, 0.29) is 5.56 Å². The van der Waals surface area contributed by atoms with Crippen LogP contribution in [0, 0.1) is 0 Å². The van der Waals surface area contributed by atoms with E-state index < -0.39 is 0 Å². The van der Waals surface area contributed by atoms with Gasteiger partial charge in [0.25, 0.3) is 5.89 Å². The molecule has 0 bridgehead atoms. The summed E-state index contributed by atoms with van der Waals surface area (Å²) in [5.74, 6) is 1.61. The quantitative estimate of drug-likeness (QED) is 0.785. The van der Waals surface area contributed by atoms with Crippen LogP contribution in [0.4, 0.5) is 0 Å². The summed E-state index contributed by atoms with van der Waals surface area (Å²) in [5.41, 5.74) is 1.40. The van der Waals surface area contributed by atoms with Gasteiger partial charge in [0.05, 0.1) is 0 Å². The van der Waals surface area contributed by atoms with Crippen LogP contribution in [0.15, 0.2) is 42.7 Å². The third-order valence-electron chi connectivity index (χ3n) is 3.35. The summed E-state index contributed by atoms with van der Waals surface area (Å²) in [6.07, 6.45) is 2.21. The van der Waals surface area contributed by atoms with Gasteiger partial charge in [-0.05, 0) is 52.9 Å². The topological polar surface area (TPSA) is 84.9 Å². The molecule has 0 aliphatic heterocycles. The molecule has 1 N–H and O–H groups in total. The Balaban J connectivity index is 1.74. The molecular weight excluding hydrogens is 338 g/mol. The number of H-pyrrole nitrogens is 1. The molecule has 0 spiro atoms. The number of aromatic nitrogens is 3. The van der Waals surface area contributed by atoms with Crippen molar-refractivity contribution in [2.24, 2.45) is 0 Å². The van der Waals surface area contributed by atoms with Gasteiger partial charge in [-0.2, -0.15) is 4.98 Å². The highest BCUT2D eigenvalue weighted by Gasteiger charge is 2.25. The number of pyridine rings is 1. The first-order valence-electron chi connectivity index (χ1n) is 6.53. The van der Waals surface area contributed by atoms with Crippen molar-refractivity contribution in [3.63, 3.8) is 0 Å². The molecule has 1 aliphatic carbocycles. The van der Waals surface area contributed by atoms with Crippen molar-refractivity contribution in [3.05, 3.63) is 45.0 Å². The van der Waals surface area contributed by atoms with Crippen LogP contribution in [-0.2, 0) is 0 Å². The summed E-state index contributed by atoms with van der Waals surface area (Å²) in [6, 6.07) is 6.85. The monoisotopic (exact) mass is 347 g/mol. The van der Waals surface area contributed by atoms with Crippen LogP contribution in [0.5, 0.6) is 0 Å². The van der Waals surface area contributed by atoms with E-state index in [0.29, 0.717) is 33.6 Å². The number of furan rings is 1. The van der Waals surface area contributed by atoms with Crippen LogP contribution in [0.3, 0.4) is 0 Å². The number of halogens is 1. The lowest BCUT2D eigenvalue weighted by Crippen LogP contribution is -2.07. The molecule has 0 saturated heterocycles. The lowest BCUT2D eigenvalue weighted by molar-refractivity contribution is 0.429. The Morgan fingerprint density at radius 3 is 2.86 bits per heavy atom. The van der Waals surface area contributed by atoms with Crippen LogP contribution in [0.2, 0.25) is 0 Å². The Morgan fingerprint density at radius 1 is 1.29 bits per heavy atom. The molecule has 1 saturated carbocycles. The van der Waals surface area contributed by atoms with Crippen LogP contribution < -0.4 is 5.56 Å². The number of nitrogens with one attached hydrogen (secondary N) is 1. The fourth-order valence-corrected chi connectivity index (χ4v) is 2.48. The van der Waals surface area contributed by atoms with E-state index in [9.17, 15) is 4.79 Å². The van der Waals surface area contributed by atoms with Crippen molar-refractivity contribution >= 4 is 15.9 Å². The van der Waals surface area contributed by atoms with Gasteiger partial charge in [-0.1, -0.05) is 5.16 Å². The molecule has 7 heteroatoms. The number of aromatic amines is 1. The normalized spacial score (nSPS) is 14.5. The predicted molar refractivity (Wildman–Crippen MR) is 77.7 cm³/mol. The lowest BCUT2D eigenvalue weighted by Gasteiger charge is -1.99. The van der Waals surface area contributed by atoms with E-state index in [1.54, 1.807) is 12.1 Å². The second-order valence-electron chi connectivity index (χ2n) is 4.99. The Morgan fingerprint density at radius 2 is 2.14 bits per heavy atom. The summed E-state index contributed by atoms with van der Waals surface area (Å²) in [4.78, 5) is 18.9. The molecule has 0 atom stereocenters. The van der Waals surface area contributed by atoms with Crippen LogP contribution in [0.25, 0.3) is 23.0 Å². The molecule has 3 heterocycles. The molecule has 3 aromatic rings. The van der Waals surface area contributed by atoms with Crippen molar-refractivity contribution in [2.75, 3.05) is 0 Å². The van der Waals surface area contributed by atoms with Gasteiger partial charge < -0.3 is 13.9 Å². The van der Waals surface area contributed by atoms with E-state index in [0.717, 1.165) is 18.5 Å².